The predicted molar refractivity (Wildman–Crippen MR) is 95.3 cm³/mol. The van der Waals surface area contributed by atoms with E-state index in [0.29, 0.717) is 5.56 Å². The molecule has 0 amide bonds. The highest BCUT2D eigenvalue weighted by Crippen LogP contribution is 2.33. The highest BCUT2D eigenvalue weighted by molar-refractivity contribution is 5.39. The standard InChI is InChI=1S/C20H18F2N4O/c1-14-7-8-23-10-16(14)4-3-15(2)20(27,11-26-13-24-12-25-26)18-6-5-17(21)9-19(18)22/h5-10,12-13,15,27H,11H2,1-2H3/t15-,20+/m0/s1. The van der Waals surface area contributed by atoms with Gasteiger partial charge in [-0.2, -0.15) is 5.10 Å². The fraction of sp³-hybridized carbons (Fsp3) is 0.250. The number of nitrogens with zero attached hydrogens (tertiary/aromatic N) is 4. The Hall–Kier alpha value is -3.11. The van der Waals surface area contributed by atoms with Gasteiger partial charge >= 0.3 is 0 Å². The van der Waals surface area contributed by atoms with E-state index in [1.54, 1.807) is 19.3 Å². The van der Waals surface area contributed by atoms with Crippen molar-refractivity contribution in [1.29, 1.82) is 0 Å². The van der Waals surface area contributed by atoms with Crippen LogP contribution >= 0.6 is 0 Å². The molecule has 2 aromatic heterocycles. The molecule has 0 aliphatic heterocycles. The van der Waals surface area contributed by atoms with Gasteiger partial charge < -0.3 is 5.11 Å². The molecule has 27 heavy (non-hydrogen) atoms. The lowest BCUT2D eigenvalue weighted by atomic mass is 9.82. The molecule has 5 nitrogen and oxygen atoms in total. The number of benzene rings is 1. The summed E-state index contributed by atoms with van der Waals surface area (Å²) in [5.41, 5.74) is -0.136. The summed E-state index contributed by atoms with van der Waals surface area (Å²) < 4.78 is 29.2. The van der Waals surface area contributed by atoms with E-state index in [1.165, 1.54) is 23.4 Å². The normalized spacial score (nSPS) is 14.1. The van der Waals surface area contributed by atoms with E-state index in [1.807, 2.05) is 13.0 Å². The Morgan fingerprint density at radius 1 is 1.26 bits per heavy atom. The molecule has 0 fully saturated rings. The van der Waals surface area contributed by atoms with Crippen LogP contribution in [0.25, 0.3) is 0 Å². The molecule has 0 aliphatic rings. The van der Waals surface area contributed by atoms with Gasteiger partial charge in [-0.15, -0.1) is 0 Å². The Morgan fingerprint density at radius 2 is 2.07 bits per heavy atom. The number of aryl methyl sites for hydroxylation is 1. The highest BCUT2D eigenvalue weighted by Gasteiger charge is 2.38. The summed E-state index contributed by atoms with van der Waals surface area (Å²) in [6.45, 7) is 3.49. The molecular formula is C20H18F2N4O. The fourth-order valence-corrected chi connectivity index (χ4v) is 2.76. The molecule has 0 spiro atoms. The SMILES string of the molecule is Cc1ccncc1C#C[C@H](C)[C@](O)(Cn1cncn1)c1ccc(F)cc1F. The number of aliphatic hydroxyl groups is 1. The second-order valence-corrected chi connectivity index (χ2v) is 6.32. The second kappa shape index (κ2) is 7.64. The second-order valence-electron chi connectivity index (χ2n) is 6.32. The number of aromatic nitrogens is 4. The van der Waals surface area contributed by atoms with E-state index in [-0.39, 0.29) is 12.1 Å². The van der Waals surface area contributed by atoms with Crippen LogP contribution in [0.4, 0.5) is 8.78 Å². The minimum atomic E-state index is -1.74. The molecular weight excluding hydrogens is 350 g/mol. The van der Waals surface area contributed by atoms with Crippen LogP contribution in [0.5, 0.6) is 0 Å². The van der Waals surface area contributed by atoms with E-state index in [0.717, 1.165) is 17.7 Å². The lowest BCUT2D eigenvalue weighted by Gasteiger charge is -2.32. The zero-order valence-corrected chi connectivity index (χ0v) is 14.9. The van der Waals surface area contributed by atoms with Crippen molar-refractivity contribution in [3.8, 4) is 11.8 Å². The number of pyridine rings is 1. The quantitative estimate of drug-likeness (QED) is 0.720. The molecule has 0 bridgehead atoms. The van der Waals surface area contributed by atoms with E-state index >= 15 is 0 Å². The van der Waals surface area contributed by atoms with Crippen LogP contribution in [0, 0.1) is 36.3 Å². The van der Waals surface area contributed by atoms with Gasteiger partial charge in [0.2, 0.25) is 0 Å². The minimum Gasteiger partial charge on any atom is -0.382 e. The smallest absolute Gasteiger partial charge is 0.137 e. The van der Waals surface area contributed by atoms with Crippen LogP contribution in [0.3, 0.4) is 0 Å². The third kappa shape index (κ3) is 4.01. The Bertz CT molecular complexity index is 995. The van der Waals surface area contributed by atoms with Crippen molar-refractivity contribution >= 4 is 0 Å². The first kappa shape index (κ1) is 18.7. The van der Waals surface area contributed by atoms with Gasteiger partial charge in [-0.25, -0.2) is 18.4 Å². The highest BCUT2D eigenvalue weighted by atomic mass is 19.1. The summed E-state index contributed by atoms with van der Waals surface area (Å²) in [7, 11) is 0. The number of halogens is 2. The van der Waals surface area contributed by atoms with Crippen LogP contribution < -0.4 is 0 Å². The minimum absolute atomic E-state index is 0.0518. The monoisotopic (exact) mass is 368 g/mol. The number of hydrogen-bond donors (Lipinski definition) is 1. The van der Waals surface area contributed by atoms with Crippen molar-refractivity contribution in [3.63, 3.8) is 0 Å². The Balaban J connectivity index is 2.03. The van der Waals surface area contributed by atoms with Gasteiger partial charge in [-0.3, -0.25) is 4.98 Å². The molecule has 0 radical (unpaired) electrons. The molecule has 1 N–H and O–H groups in total. The van der Waals surface area contributed by atoms with Crippen LogP contribution in [-0.2, 0) is 12.1 Å². The zero-order chi connectivity index (χ0) is 19.4. The zero-order valence-electron chi connectivity index (χ0n) is 14.9. The van der Waals surface area contributed by atoms with Crippen LogP contribution in [0.15, 0.2) is 49.3 Å². The summed E-state index contributed by atoms with van der Waals surface area (Å²) >= 11 is 0. The molecule has 1 aromatic carbocycles. The number of rotatable bonds is 4. The van der Waals surface area contributed by atoms with Gasteiger partial charge in [0.05, 0.1) is 12.5 Å². The van der Waals surface area contributed by atoms with E-state index in [2.05, 4.69) is 26.9 Å². The largest absolute Gasteiger partial charge is 0.382 e. The summed E-state index contributed by atoms with van der Waals surface area (Å²) in [5.74, 6) is 3.70. The fourth-order valence-electron chi connectivity index (χ4n) is 2.76. The van der Waals surface area contributed by atoms with Crippen molar-refractivity contribution in [2.24, 2.45) is 5.92 Å². The van der Waals surface area contributed by atoms with Crippen molar-refractivity contribution in [1.82, 2.24) is 19.7 Å². The van der Waals surface area contributed by atoms with Gasteiger partial charge in [0.1, 0.15) is 29.9 Å². The predicted octanol–water partition coefficient (Wildman–Crippen LogP) is 2.84. The third-order valence-electron chi connectivity index (χ3n) is 4.45. The first-order valence-corrected chi connectivity index (χ1v) is 8.32. The summed E-state index contributed by atoms with van der Waals surface area (Å²) in [6.07, 6.45) is 6.03. The third-order valence-corrected chi connectivity index (χ3v) is 4.45. The van der Waals surface area contributed by atoms with Crippen LogP contribution in [0.1, 0.15) is 23.6 Å². The maximum atomic E-state index is 14.5. The summed E-state index contributed by atoms with van der Waals surface area (Å²) in [5, 5.41) is 15.4. The van der Waals surface area contributed by atoms with Crippen molar-refractivity contribution in [2.45, 2.75) is 26.0 Å². The van der Waals surface area contributed by atoms with Crippen molar-refractivity contribution < 1.29 is 13.9 Å². The van der Waals surface area contributed by atoms with Gasteiger partial charge in [-0.05, 0) is 31.5 Å². The van der Waals surface area contributed by atoms with Crippen LogP contribution in [-0.4, -0.2) is 24.9 Å². The molecule has 138 valence electrons. The molecule has 2 heterocycles. The summed E-state index contributed by atoms with van der Waals surface area (Å²) in [6, 6.07) is 4.91. The van der Waals surface area contributed by atoms with Gasteiger partial charge in [0, 0.05) is 29.6 Å². The van der Waals surface area contributed by atoms with E-state index in [4.69, 9.17) is 0 Å². The number of hydrogen-bond acceptors (Lipinski definition) is 4. The average molecular weight is 368 g/mol. The maximum Gasteiger partial charge on any atom is 0.137 e. The van der Waals surface area contributed by atoms with Crippen LogP contribution in [0.2, 0.25) is 0 Å². The maximum absolute atomic E-state index is 14.5. The lowest BCUT2D eigenvalue weighted by molar-refractivity contribution is -0.0191. The molecule has 0 saturated carbocycles. The van der Waals surface area contributed by atoms with Gasteiger partial charge in [0.25, 0.3) is 0 Å². The Morgan fingerprint density at radius 3 is 2.74 bits per heavy atom. The Labute approximate surface area is 155 Å². The molecule has 3 rings (SSSR count). The van der Waals surface area contributed by atoms with Crippen molar-refractivity contribution in [3.05, 3.63) is 77.6 Å². The molecule has 7 heteroatoms. The lowest BCUT2D eigenvalue weighted by Crippen LogP contribution is -2.39. The molecule has 0 saturated heterocycles. The average Bonchev–Trinajstić information content (AvgIpc) is 3.13. The molecule has 2 atom stereocenters. The van der Waals surface area contributed by atoms with Gasteiger partial charge in [-0.1, -0.05) is 17.9 Å². The summed E-state index contributed by atoms with van der Waals surface area (Å²) in [4.78, 5) is 7.88. The van der Waals surface area contributed by atoms with Gasteiger partial charge in [0.15, 0.2) is 0 Å². The van der Waals surface area contributed by atoms with E-state index < -0.39 is 23.2 Å². The molecule has 0 unspecified atom stereocenters. The topological polar surface area (TPSA) is 63.8 Å². The van der Waals surface area contributed by atoms with Crippen molar-refractivity contribution in [2.75, 3.05) is 0 Å². The molecule has 3 aromatic rings. The Kier molecular flexibility index (Phi) is 5.28. The van der Waals surface area contributed by atoms with E-state index in [9.17, 15) is 13.9 Å². The first-order valence-electron chi connectivity index (χ1n) is 8.32. The first-order chi connectivity index (χ1) is 12.9. The molecule has 0 aliphatic carbocycles.